The molecule has 0 aromatic heterocycles. The second-order valence-corrected chi connectivity index (χ2v) is 13.7. The minimum atomic E-state index is -2.95. The molecule has 3 atom stereocenters. The van der Waals surface area contributed by atoms with E-state index in [-0.39, 0.29) is 35.6 Å². The molecule has 1 saturated heterocycles. The summed E-state index contributed by atoms with van der Waals surface area (Å²) in [6.45, 7) is 4.71. The Kier molecular flexibility index (Phi) is 7.18. The number of aliphatic carboxylic acids is 1. The first-order chi connectivity index (χ1) is 19.6. The highest BCUT2D eigenvalue weighted by atomic mass is 32.2. The lowest BCUT2D eigenvalue weighted by Crippen LogP contribution is -2.13. The number of carbonyl (C=O) groups is 1. The second-order valence-electron chi connectivity index (χ2n) is 11.4. The normalized spacial score (nSPS) is 22.2. The van der Waals surface area contributed by atoms with Gasteiger partial charge in [0.25, 0.3) is 0 Å². The van der Waals surface area contributed by atoms with Gasteiger partial charge in [-0.15, -0.1) is 0 Å². The molecule has 2 heterocycles. The number of ether oxygens (including phenoxy) is 3. The first-order valence-corrected chi connectivity index (χ1v) is 15.8. The quantitative estimate of drug-likeness (QED) is 0.352. The van der Waals surface area contributed by atoms with Crippen molar-refractivity contribution in [3.8, 4) is 28.4 Å². The molecule has 41 heavy (non-hydrogen) atoms. The lowest BCUT2D eigenvalue weighted by molar-refractivity contribution is -0.137. The van der Waals surface area contributed by atoms with Gasteiger partial charge in [-0.05, 0) is 85.2 Å². The minimum absolute atomic E-state index is 0.00791. The Morgan fingerprint density at radius 3 is 2.56 bits per heavy atom. The topological polar surface area (TPSA) is 99.1 Å². The number of halogens is 1. The van der Waals surface area contributed by atoms with E-state index >= 15 is 4.39 Å². The van der Waals surface area contributed by atoms with Gasteiger partial charge in [0, 0.05) is 29.0 Å². The van der Waals surface area contributed by atoms with Crippen LogP contribution in [0.4, 0.5) is 4.39 Å². The Hall–Kier alpha value is -3.59. The highest BCUT2D eigenvalue weighted by Gasteiger charge is 2.33. The van der Waals surface area contributed by atoms with Crippen LogP contribution in [0.25, 0.3) is 11.1 Å². The molecular weight excluding hydrogens is 547 g/mol. The molecule has 1 fully saturated rings. The van der Waals surface area contributed by atoms with Crippen LogP contribution in [0.5, 0.6) is 17.2 Å². The highest BCUT2D eigenvalue weighted by molar-refractivity contribution is 7.91. The van der Waals surface area contributed by atoms with E-state index in [0.29, 0.717) is 55.3 Å². The van der Waals surface area contributed by atoms with Crippen LogP contribution in [0.15, 0.2) is 42.5 Å². The van der Waals surface area contributed by atoms with E-state index in [2.05, 4.69) is 0 Å². The highest BCUT2D eigenvalue weighted by Crippen LogP contribution is 2.45. The Bertz CT molecular complexity index is 1610. The minimum Gasteiger partial charge on any atom is -0.493 e. The molecule has 6 rings (SSSR count). The van der Waals surface area contributed by atoms with Crippen LogP contribution in [-0.2, 0) is 21.1 Å². The van der Waals surface area contributed by atoms with E-state index in [4.69, 9.17) is 19.3 Å². The number of hydrogen-bond donors (Lipinski definition) is 1. The Morgan fingerprint density at radius 2 is 1.85 bits per heavy atom. The monoisotopic (exact) mass is 580 g/mol. The zero-order chi connectivity index (χ0) is 28.9. The maximum absolute atomic E-state index is 15.3. The van der Waals surface area contributed by atoms with Gasteiger partial charge in [-0.1, -0.05) is 12.1 Å². The summed E-state index contributed by atoms with van der Waals surface area (Å²) in [6.07, 6.45) is 1.49. The van der Waals surface area contributed by atoms with Gasteiger partial charge in [0.05, 0.1) is 31.1 Å². The average Bonchev–Trinajstić information content (AvgIpc) is 3.60. The van der Waals surface area contributed by atoms with Crippen LogP contribution < -0.4 is 14.2 Å². The Balaban J connectivity index is 1.22. The molecule has 0 saturated carbocycles. The third-order valence-electron chi connectivity index (χ3n) is 8.43. The first-order valence-electron chi connectivity index (χ1n) is 14.0. The van der Waals surface area contributed by atoms with Crippen molar-refractivity contribution in [1.82, 2.24) is 0 Å². The third-order valence-corrected chi connectivity index (χ3v) is 10.3. The SMILES string of the molecule is Cc1cc(OC[C@@H]2CCS(=O)(=O)C2)cc(C)c1-c1ccc(F)c2c1CC[C@H]2Oc1ccc2c(c1)OC[C@H]2CC(=O)O. The summed E-state index contributed by atoms with van der Waals surface area (Å²) >= 11 is 0. The first kappa shape index (κ1) is 27.6. The number of fused-ring (bicyclic) bond motifs is 2. The number of hydrogen-bond acceptors (Lipinski definition) is 6. The summed E-state index contributed by atoms with van der Waals surface area (Å²) in [5.74, 6) is 0.950. The smallest absolute Gasteiger partial charge is 0.304 e. The van der Waals surface area contributed by atoms with E-state index < -0.39 is 21.9 Å². The van der Waals surface area contributed by atoms with Crippen molar-refractivity contribution in [3.05, 3.63) is 76.1 Å². The van der Waals surface area contributed by atoms with E-state index in [9.17, 15) is 13.2 Å². The lowest BCUT2D eigenvalue weighted by Gasteiger charge is -2.19. The van der Waals surface area contributed by atoms with E-state index in [1.807, 2.05) is 38.1 Å². The van der Waals surface area contributed by atoms with Crippen LogP contribution in [-0.4, -0.2) is 44.2 Å². The molecule has 0 unspecified atom stereocenters. The molecule has 3 aliphatic rings. The van der Waals surface area contributed by atoms with Gasteiger partial charge in [-0.25, -0.2) is 12.8 Å². The van der Waals surface area contributed by atoms with Crippen molar-refractivity contribution in [2.75, 3.05) is 24.7 Å². The van der Waals surface area contributed by atoms with Crippen molar-refractivity contribution < 1.29 is 36.9 Å². The summed E-state index contributed by atoms with van der Waals surface area (Å²) in [6, 6.07) is 12.7. The maximum Gasteiger partial charge on any atom is 0.304 e. The fourth-order valence-corrected chi connectivity index (χ4v) is 8.39. The van der Waals surface area contributed by atoms with Crippen LogP contribution in [0, 0.1) is 25.6 Å². The number of carboxylic acids is 1. The molecule has 0 radical (unpaired) electrons. The summed E-state index contributed by atoms with van der Waals surface area (Å²) in [7, 11) is -2.95. The van der Waals surface area contributed by atoms with Gasteiger partial charge in [0.1, 0.15) is 29.2 Å². The molecule has 7 nitrogen and oxygen atoms in total. The average molecular weight is 581 g/mol. The van der Waals surface area contributed by atoms with Crippen LogP contribution in [0.1, 0.15) is 59.1 Å². The molecule has 0 spiro atoms. The molecule has 3 aromatic carbocycles. The lowest BCUT2D eigenvalue weighted by atomic mass is 9.90. The molecule has 216 valence electrons. The van der Waals surface area contributed by atoms with Crippen molar-refractivity contribution >= 4 is 15.8 Å². The molecule has 3 aromatic rings. The van der Waals surface area contributed by atoms with Gasteiger partial charge < -0.3 is 19.3 Å². The molecule has 1 aliphatic carbocycles. The Labute approximate surface area is 239 Å². The fourth-order valence-electron chi connectivity index (χ4n) is 6.55. The summed E-state index contributed by atoms with van der Waals surface area (Å²) in [5, 5.41) is 9.16. The number of sulfone groups is 1. The zero-order valence-electron chi connectivity index (χ0n) is 23.1. The maximum atomic E-state index is 15.3. The standard InChI is InChI=1S/C32H33FO7S/c1-18-11-23(38-15-20-9-10-41(36,37)17-20)12-19(2)31(18)25-5-7-27(33)32-26(25)6-8-28(32)40-22-3-4-24-21(13-30(34)35)16-39-29(24)14-22/h3-5,7,11-12,14,20-21,28H,6,8-10,13,15-17H2,1-2H3,(H,34,35)/t20-,21+,28+/m0/s1. The number of aryl methyl sites for hydroxylation is 2. The predicted octanol–water partition coefficient (Wildman–Crippen LogP) is 5.94. The van der Waals surface area contributed by atoms with Crippen molar-refractivity contribution in [3.63, 3.8) is 0 Å². The third kappa shape index (κ3) is 5.52. The second kappa shape index (κ2) is 10.7. The molecule has 9 heteroatoms. The fraction of sp³-hybridized carbons (Fsp3) is 0.406. The molecule has 1 N–H and O–H groups in total. The van der Waals surface area contributed by atoms with Gasteiger partial charge >= 0.3 is 5.97 Å². The van der Waals surface area contributed by atoms with Crippen molar-refractivity contribution in [2.45, 2.75) is 51.6 Å². The van der Waals surface area contributed by atoms with Gasteiger partial charge in [0.15, 0.2) is 9.84 Å². The van der Waals surface area contributed by atoms with Gasteiger partial charge in [0.2, 0.25) is 0 Å². The van der Waals surface area contributed by atoms with E-state index in [0.717, 1.165) is 33.4 Å². The van der Waals surface area contributed by atoms with E-state index in [1.165, 1.54) is 6.07 Å². The van der Waals surface area contributed by atoms with Crippen molar-refractivity contribution in [2.24, 2.45) is 5.92 Å². The van der Waals surface area contributed by atoms with E-state index in [1.54, 1.807) is 12.1 Å². The molecule has 0 bridgehead atoms. The number of rotatable bonds is 8. The predicted molar refractivity (Wildman–Crippen MR) is 152 cm³/mol. The van der Waals surface area contributed by atoms with Crippen LogP contribution >= 0.6 is 0 Å². The molecular formula is C32H33FO7S. The van der Waals surface area contributed by atoms with Crippen LogP contribution in [0.2, 0.25) is 0 Å². The van der Waals surface area contributed by atoms with Gasteiger partial charge in [-0.3, -0.25) is 4.79 Å². The largest absolute Gasteiger partial charge is 0.493 e. The molecule has 2 aliphatic heterocycles. The molecule has 0 amide bonds. The Morgan fingerprint density at radius 1 is 1.07 bits per heavy atom. The zero-order valence-corrected chi connectivity index (χ0v) is 23.9. The summed E-state index contributed by atoms with van der Waals surface area (Å²) < 4.78 is 56.9. The summed E-state index contributed by atoms with van der Waals surface area (Å²) in [5.41, 5.74) is 6.37. The van der Waals surface area contributed by atoms with Crippen molar-refractivity contribution in [1.29, 1.82) is 0 Å². The summed E-state index contributed by atoms with van der Waals surface area (Å²) in [4.78, 5) is 11.2. The van der Waals surface area contributed by atoms with Gasteiger partial charge in [-0.2, -0.15) is 0 Å². The number of carboxylic acid groups (broad SMARTS) is 1. The number of benzene rings is 3. The van der Waals surface area contributed by atoms with Crippen LogP contribution in [0.3, 0.4) is 0 Å².